The summed E-state index contributed by atoms with van der Waals surface area (Å²) in [6, 6.07) is 15.8. The molecule has 2 aromatic carbocycles. The summed E-state index contributed by atoms with van der Waals surface area (Å²) < 4.78 is 12.2. The zero-order valence-electron chi connectivity index (χ0n) is 20.9. The Kier molecular flexibility index (Phi) is 9.92. The number of hydrogen-bond acceptors (Lipinski definition) is 5. The number of thioether (sulfide) groups is 1. The molecule has 1 aliphatic heterocycles. The van der Waals surface area contributed by atoms with Crippen LogP contribution in [0, 0.1) is 0 Å². The van der Waals surface area contributed by atoms with Crippen LogP contribution in [0.15, 0.2) is 57.9 Å². The number of alkyl carbamates (subject to hydrolysis) is 1. The molecule has 0 aromatic heterocycles. The molecule has 1 heterocycles. The Bertz CT molecular complexity index is 996. The number of rotatable bonds is 7. The molecule has 1 fully saturated rings. The summed E-state index contributed by atoms with van der Waals surface area (Å²) in [5.41, 5.74) is 1.52. The van der Waals surface area contributed by atoms with Gasteiger partial charge in [-0.15, -0.1) is 11.8 Å². The van der Waals surface area contributed by atoms with Crippen molar-refractivity contribution in [2.45, 2.75) is 75.6 Å². The lowest BCUT2D eigenvalue weighted by Gasteiger charge is -2.42. The van der Waals surface area contributed by atoms with Crippen LogP contribution in [0.25, 0.3) is 0 Å². The van der Waals surface area contributed by atoms with Gasteiger partial charge in [0.05, 0.1) is 6.04 Å². The Morgan fingerprint density at radius 2 is 1.89 bits per heavy atom. The minimum atomic E-state index is -0.552. The van der Waals surface area contributed by atoms with Crippen molar-refractivity contribution in [3.8, 4) is 0 Å². The monoisotopic (exact) mass is 562 g/mol. The maximum Gasteiger partial charge on any atom is 0.410 e. The molecule has 1 saturated heterocycles. The number of carbonyl (C=O) groups excluding carboxylic acids is 2. The summed E-state index contributed by atoms with van der Waals surface area (Å²) in [5.74, 6) is 0. The summed E-state index contributed by atoms with van der Waals surface area (Å²) in [7, 11) is 0. The fourth-order valence-electron chi connectivity index (χ4n) is 4.35. The number of carbonyl (C=O) groups is 2. The van der Waals surface area contributed by atoms with E-state index in [2.05, 4.69) is 39.6 Å². The molecular weight excluding hydrogens is 528 g/mol. The number of hydrogen-bond donors (Lipinski definition) is 1. The maximum absolute atomic E-state index is 13.5. The van der Waals surface area contributed by atoms with E-state index in [4.69, 9.17) is 9.47 Å². The molecule has 8 heteroatoms. The molecule has 2 aromatic rings. The van der Waals surface area contributed by atoms with Crippen molar-refractivity contribution in [3.05, 3.63) is 64.1 Å². The second-order valence-corrected chi connectivity index (χ2v) is 11.4. The predicted molar refractivity (Wildman–Crippen MR) is 144 cm³/mol. The van der Waals surface area contributed by atoms with E-state index in [1.807, 2.05) is 62.1 Å². The van der Waals surface area contributed by atoms with Crippen LogP contribution >= 0.6 is 27.7 Å². The molecule has 190 valence electrons. The van der Waals surface area contributed by atoms with Gasteiger partial charge < -0.3 is 14.8 Å². The van der Waals surface area contributed by atoms with Gasteiger partial charge in [-0.25, -0.2) is 9.59 Å². The molecule has 0 aliphatic carbocycles. The number of piperidine rings is 1. The Balaban J connectivity index is 1.78. The van der Waals surface area contributed by atoms with Crippen molar-refractivity contribution in [2.24, 2.45) is 0 Å². The highest BCUT2D eigenvalue weighted by Gasteiger charge is 2.37. The normalized spacial score (nSPS) is 18.1. The Hall–Kier alpha value is -2.19. The van der Waals surface area contributed by atoms with Crippen LogP contribution in [-0.4, -0.2) is 41.5 Å². The summed E-state index contributed by atoms with van der Waals surface area (Å²) in [6.45, 7) is 6.16. The minimum absolute atomic E-state index is 0.0506. The van der Waals surface area contributed by atoms with Gasteiger partial charge in [0.15, 0.2) is 0 Å². The highest BCUT2D eigenvalue weighted by molar-refractivity contribution is 9.10. The average molecular weight is 564 g/mol. The van der Waals surface area contributed by atoms with E-state index in [0.717, 1.165) is 39.8 Å². The van der Waals surface area contributed by atoms with Crippen molar-refractivity contribution in [3.63, 3.8) is 0 Å². The first-order valence-corrected chi connectivity index (χ1v) is 14.0. The summed E-state index contributed by atoms with van der Waals surface area (Å²) >= 11 is 5.24. The first kappa shape index (κ1) is 27.4. The van der Waals surface area contributed by atoms with Gasteiger partial charge in [-0.2, -0.15) is 0 Å². The van der Waals surface area contributed by atoms with E-state index in [-0.39, 0.29) is 24.8 Å². The molecule has 35 heavy (non-hydrogen) atoms. The fraction of sp³-hybridized carbons (Fsp3) is 0.481. The number of amides is 2. The first-order chi connectivity index (χ1) is 16.7. The van der Waals surface area contributed by atoms with Crippen LogP contribution in [-0.2, 0) is 16.1 Å². The maximum atomic E-state index is 13.5. The van der Waals surface area contributed by atoms with Crippen LogP contribution in [0.2, 0.25) is 0 Å². The van der Waals surface area contributed by atoms with Gasteiger partial charge in [-0.05, 0) is 76.0 Å². The molecule has 2 atom stereocenters. The van der Waals surface area contributed by atoms with Crippen LogP contribution in [0.1, 0.15) is 63.6 Å². The Morgan fingerprint density at radius 3 is 2.57 bits per heavy atom. The molecule has 0 bridgehead atoms. The van der Waals surface area contributed by atoms with Gasteiger partial charge in [0.25, 0.3) is 0 Å². The minimum Gasteiger partial charge on any atom is -0.445 e. The fourth-order valence-corrected chi connectivity index (χ4v) is 5.55. The number of halogens is 1. The number of nitrogens with zero attached hydrogens (tertiary/aromatic N) is 1. The Labute approximate surface area is 221 Å². The van der Waals surface area contributed by atoms with Crippen molar-refractivity contribution >= 4 is 39.9 Å². The van der Waals surface area contributed by atoms with E-state index >= 15 is 0 Å². The van der Waals surface area contributed by atoms with Gasteiger partial charge in [0.1, 0.15) is 12.2 Å². The highest BCUT2D eigenvalue weighted by Crippen LogP contribution is 2.40. The standard InChI is InChI=1S/C27H35BrN2O4S/c1-27(2,3)34-25(31)29-16-15-21-11-8-12-23(22-14-13-20(28)17-24(22)35-4)30(21)26(32)33-18-19-9-6-5-7-10-19/h5-7,9-10,13-14,17,21,23H,8,11-12,15-16,18H2,1-4H3,(H,29,31)/t21-,23-/m0/s1. The van der Waals surface area contributed by atoms with Gasteiger partial charge >= 0.3 is 12.2 Å². The Morgan fingerprint density at radius 1 is 1.14 bits per heavy atom. The third-order valence-corrected chi connectivity index (χ3v) is 7.15. The molecule has 0 spiro atoms. The van der Waals surface area contributed by atoms with Crippen molar-refractivity contribution in [1.82, 2.24) is 10.2 Å². The molecule has 0 radical (unpaired) electrons. The molecular formula is C27H35BrN2O4S. The smallest absolute Gasteiger partial charge is 0.410 e. The zero-order valence-corrected chi connectivity index (χ0v) is 23.3. The molecule has 0 unspecified atom stereocenters. The number of likely N-dealkylation sites (tertiary alicyclic amines) is 1. The topological polar surface area (TPSA) is 67.9 Å². The molecule has 2 amide bonds. The first-order valence-electron chi connectivity index (χ1n) is 12.0. The number of ether oxygens (including phenoxy) is 2. The van der Waals surface area contributed by atoms with Gasteiger partial charge in [-0.3, -0.25) is 4.90 Å². The third-order valence-electron chi connectivity index (χ3n) is 5.86. The van der Waals surface area contributed by atoms with Crippen LogP contribution in [0.3, 0.4) is 0 Å². The summed E-state index contributed by atoms with van der Waals surface area (Å²) in [4.78, 5) is 28.7. The molecule has 3 rings (SSSR count). The lowest BCUT2D eigenvalue weighted by Crippen LogP contribution is -2.47. The quantitative estimate of drug-likeness (QED) is 0.358. The largest absolute Gasteiger partial charge is 0.445 e. The van der Waals surface area contributed by atoms with Crippen LogP contribution in [0.5, 0.6) is 0 Å². The van der Waals surface area contributed by atoms with E-state index in [1.54, 1.807) is 11.8 Å². The van der Waals surface area contributed by atoms with Crippen molar-refractivity contribution < 1.29 is 19.1 Å². The van der Waals surface area contributed by atoms with E-state index in [0.29, 0.717) is 13.0 Å². The highest BCUT2D eigenvalue weighted by atomic mass is 79.9. The number of nitrogens with one attached hydrogen (secondary N) is 1. The van der Waals surface area contributed by atoms with E-state index in [1.165, 1.54) is 0 Å². The molecule has 1 N–H and O–H groups in total. The third kappa shape index (κ3) is 8.17. The van der Waals surface area contributed by atoms with Crippen molar-refractivity contribution in [1.29, 1.82) is 0 Å². The summed E-state index contributed by atoms with van der Waals surface area (Å²) in [5, 5.41) is 2.84. The van der Waals surface area contributed by atoms with Gasteiger partial charge in [0.2, 0.25) is 0 Å². The number of benzene rings is 2. The molecule has 6 nitrogen and oxygen atoms in total. The second-order valence-electron chi connectivity index (χ2n) is 9.65. The second kappa shape index (κ2) is 12.7. The average Bonchev–Trinajstić information content (AvgIpc) is 2.82. The van der Waals surface area contributed by atoms with Gasteiger partial charge in [0, 0.05) is 22.0 Å². The lowest BCUT2D eigenvalue weighted by molar-refractivity contribution is 0.0364. The zero-order chi connectivity index (χ0) is 25.4. The van der Waals surface area contributed by atoms with Gasteiger partial charge in [-0.1, -0.05) is 52.3 Å². The lowest BCUT2D eigenvalue weighted by atomic mass is 9.89. The predicted octanol–water partition coefficient (Wildman–Crippen LogP) is 7.32. The molecule has 1 aliphatic rings. The van der Waals surface area contributed by atoms with E-state index in [9.17, 15) is 9.59 Å². The summed E-state index contributed by atoms with van der Waals surface area (Å²) in [6.07, 6.45) is 4.63. The van der Waals surface area contributed by atoms with Crippen molar-refractivity contribution in [2.75, 3.05) is 12.8 Å². The molecule has 0 saturated carbocycles. The van der Waals surface area contributed by atoms with Crippen LogP contribution in [0.4, 0.5) is 9.59 Å². The van der Waals surface area contributed by atoms with E-state index < -0.39 is 11.7 Å². The van der Waals surface area contributed by atoms with Crippen LogP contribution < -0.4 is 5.32 Å². The SMILES string of the molecule is CSc1cc(Br)ccc1[C@@H]1CCC[C@@H](CCNC(=O)OC(C)(C)C)N1C(=O)OCc1ccccc1.